The quantitative estimate of drug-likeness (QED) is 0.0523. The molecule has 0 aromatic heterocycles. The van der Waals surface area contributed by atoms with E-state index >= 15 is 0 Å². The third-order valence-corrected chi connectivity index (χ3v) is 9.91. The van der Waals surface area contributed by atoms with Gasteiger partial charge in [0.15, 0.2) is 0 Å². The number of hydrogen-bond donors (Lipinski definition) is 2. The molecule has 0 aliphatic carbocycles. The van der Waals surface area contributed by atoms with Crippen molar-refractivity contribution in [3.63, 3.8) is 0 Å². The standard InChI is InChI=1S/2C11H22O2S.2C4H9.Sn/c2*1-10(2)6-4-3-5-8-13-11(12)7-9-14;2*1-3-4-2;/h2*10,14H,3-9H2,1-2H3;2*1,3-4H2,2H3;. The summed E-state index contributed by atoms with van der Waals surface area (Å²) in [5.41, 5.74) is 0. The van der Waals surface area contributed by atoms with Crippen molar-refractivity contribution in [1.82, 2.24) is 0 Å². The summed E-state index contributed by atoms with van der Waals surface area (Å²) in [6.45, 7) is 14.6. The SMILES string of the molecule is CC(C)CCCCCOC(=O)CCS.CC(C)CCCCCOC(=O)CCS.CCC[CH2][Sn][CH2]CCC. The van der Waals surface area contributed by atoms with Crippen molar-refractivity contribution in [1.29, 1.82) is 0 Å². The Labute approximate surface area is 253 Å². The Kier molecular flexibility index (Phi) is 41.3. The predicted octanol–water partition coefficient (Wildman–Crippen LogP) is 9.26. The van der Waals surface area contributed by atoms with Crippen LogP contribution in [-0.2, 0) is 19.1 Å². The first kappa shape index (κ1) is 41.9. The molecule has 0 aliphatic rings. The maximum absolute atomic E-state index is 10.9. The molecule has 0 heterocycles. The van der Waals surface area contributed by atoms with Crippen LogP contribution in [-0.4, -0.2) is 57.8 Å². The van der Waals surface area contributed by atoms with E-state index in [0.29, 0.717) is 37.6 Å². The van der Waals surface area contributed by atoms with Crippen LogP contribution in [0.3, 0.4) is 0 Å². The molecule has 0 bridgehead atoms. The molecule has 0 rings (SSSR count). The van der Waals surface area contributed by atoms with Crippen LogP contribution in [0.5, 0.6) is 0 Å². The van der Waals surface area contributed by atoms with Crippen LogP contribution in [0.1, 0.15) is 131 Å². The van der Waals surface area contributed by atoms with E-state index in [0.717, 1.165) is 37.5 Å². The average Bonchev–Trinajstić information content (AvgIpc) is 2.84. The summed E-state index contributed by atoms with van der Waals surface area (Å²) < 4.78 is 13.3. The van der Waals surface area contributed by atoms with Crippen LogP contribution in [0.4, 0.5) is 0 Å². The van der Waals surface area contributed by atoms with E-state index in [1.807, 2.05) is 0 Å². The normalized spacial score (nSPS) is 10.4. The van der Waals surface area contributed by atoms with E-state index in [1.165, 1.54) is 51.4 Å². The molecule has 0 unspecified atom stereocenters. The molecule has 4 nitrogen and oxygen atoms in total. The monoisotopic (exact) mass is 670 g/mol. The number of esters is 2. The molecule has 0 aliphatic heterocycles. The summed E-state index contributed by atoms with van der Waals surface area (Å²) in [4.78, 5) is 21.8. The molecular weight excluding hydrogens is 607 g/mol. The van der Waals surface area contributed by atoms with E-state index < -0.39 is 0 Å². The summed E-state index contributed by atoms with van der Waals surface area (Å²) in [5, 5.41) is 0. The molecule has 37 heavy (non-hydrogen) atoms. The van der Waals surface area contributed by atoms with Crippen LogP contribution in [0.2, 0.25) is 8.87 Å². The Hall–Kier alpha value is 0.439. The molecule has 0 atom stereocenters. The van der Waals surface area contributed by atoms with Crippen LogP contribution in [0.15, 0.2) is 0 Å². The van der Waals surface area contributed by atoms with Crippen molar-refractivity contribution in [2.75, 3.05) is 24.7 Å². The minimum atomic E-state index is -0.121. The molecule has 0 saturated carbocycles. The maximum atomic E-state index is 10.9. The van der Waals surface area contributed by atoms with Crippen LogP contribution >= 0.6 is 25.3 Å². The molecule has 0 amide bonds. The predicted molar refractivity (Wildman–Crippen MR) is 171 cm³/mol. The van der Waals surface area contributed by atoms with E-state index in [1.54, 1.807) is 8.87 Å². The number of carbonyl (C=O) groups is 2. The zero-order valence-electron chi connectivity index (χ0n) is 25.3. The summed E-state index contributed by atoms with van der Waals surface area (Å²) in [7, 11) is 0. The molecule has 0 spiro atoms. The number of rotatable bonds is 22. The van der Waals surface area contributed by atoms with Crippen LogP contribution < -0.4 is 0 Å². The molecular formula is C30H62O4S2Sn. The van der Waals surface area contributed by atoms with Crippen molar-refractivity contribution in [2.45, 2.75) is 140 Å². The second-order valence-electron chi connectivity index (χ2n) is 10.3. The Morgan fingerprint density at radius 1 is 0.622 bits per heavy atom. The number of ether oxygens (including phenoxy) is 2. The summed E-state index contributed by atoms with van der Waals surface area (Å²) in [6, 6.07) is 0. The van der Waals surface area contributed by atoms with Gasteiger partial charge in [-0.25, -0.2) is 0 Å². The fourth-order valence-electron chi connectivity index (χ4n) is 3.09. The van der Waals surface area contributed by atoms with Crippen LogP contribution in [0, 0.1) is 11.8 Å². The molecule has 0 saturated heterocycles. The van der Waals surface area contributed by atoms with Gasteiger partial charge < -0.3 is 9.47 Å². The molecule has 7 heteroatoms. The fourth-order valence-corrected chi connectivity index (χ4v) is 7.61. The zero-order valence-corrected chi connectivity index (χ0v) is 30.0. The van der Waals surface area contributed by atoms with Crippen molar-refractivity contribution in [3.05, 3.63) is 0 Å². The van der Waals surface area contributed by atoms with Crippen molar-refractivity contribution in [2.24, 2.45) is 11.8 Å². The minimum absolute atomic E-state index is 0.121. The third-order valence-electron chi connectivity index (χ3n) is 5.42. The van der Waals surface area contributed by atoms with Crippen molar-refractivity contribution >= 4 is 58.3 Å². The van der Waals surface area contributed by atoms with Crippen molar-refractivity contribution < 1.29 is 19.1 Å². The first-order valence-electron chi connectivity index (χ1n) is 15.0. The zero-order chi connectivity index (χ0) is 28.6. The summed E-state index contributed by atoms with van der Waals surface area (Å²) in [6.07, 6.45) is 16.0. The number of hydrogen-bond acceptors (Lipinski definition) is 6. The van der Waals surface area contributed by atoms with Crippen molar-refractivity contribution in [3.8, 4) is 0 Å². The number of carbonyl (C=O) groups excluding carboxylic acids is 2. The molecule has 2 radical (unpaired) electrons. The van der Waals surface area contributed by atoms with E-state index in [-0.39, 0.29) is 33.1 Å². The van der Waals surface area contributed by atoms with Gasteiger partial charge in [0.1, 0.15) is 0 Å². The Morgan fingerprint density at radius 3 is 1.30 bits per heavy atom. The molecule has 222 valence electrons. The van der Waals surface area contributed by atoms with Gasteiger partial charge in [-0.2, -0.15) is 25.3 Å². The molecule has 0 aromatic carbocycles. The summed E-state index contributed by atoms with van der Waals surface area (Å²) >= 11 is 8.07. The van der Waals surface area contributed by atoms with E-state index in [4.69, 9.17) is 9.47 Å². The third kappa shape index (κ3) is 46.6. The molecule has 0 fully saturated rings. The topological polar surface area (TPSA) is 52.6 Å². The van der Waals surface area contributed by atoms with Gasteiger partial charge in [-0.3, -0.25) is 9.59 Å². The van der Waals surface area contributed by atoms with E-state index in [2.05, 4.69) is 66.8 Å². The van der Waals surface area contributed by atoms with Gasteiger partial charge in [-0.05, 0) is 24.7 Å². The Bertz CT molecular complexity index is 423. The van der Waals surface area contributed by atoms with Gasteiger partial charge in [0.05, 0.1) is 26.1 Å². The fraction of sp³-hybridized carbons (Fsp3) is 0.933. The molecule has 0 aromatic rings. The second-order valence-corrected chi connectivity index (χ2v) is 15.5. The molecule has 0 N–H and O–H groups in total. The summed E-state index contributed by atoms with van der Waals surface area (Å²) in [5.74, 6) is 2.47. The van der Waals surface area contributed by atoms with Gasteiger partial charge in [-0.1, -0.05) is 66.2 Å². The Balaban J connectivity index is -0.000000481. The van der Waals surface area contributed by atoms with Gasteiger partial charge in [0.2, 0.25) is 0 Å². The number of thiol groups is 2. The first-order chi connectivity index (χ1) is 17.7. The van der Waals surface area contributed by atoms with Crippen LogP contribution in [0.25, 0.3) is 0 Å². The Morgan fingerprint density at radius 2 is 1.00 bits per heavy atom. The van der Waals surface area contributed by atoms with Gasteiger partial charge in [-0.15, -0.1) is 0 Å². The second kappa shape index (κ2) is 36.4. The van der Waals surface area contributed by atoms with E-state index in [9.17, 15) is 9.59 Å². The number of unbranched alkanes of at least 4 members (excludes halogenated alkanes) is 6. The van der Waals surface area contributed by atoms with Gasteiger partial charge >= 0.3 is 81.5 Å². The van der Waals surface area contributed by atoms with Gasteiger partial charge in [0.25, 0.3) is 0 Å². The van der Waals surface area contributed by atoms with Gasteiger partial charge in [0, 0.05) is 11.5 Å². The first-order valence-corrected chi connectivity index (χ1v) is 20.3. The average molecular weight is 670 g/mol.